The molecule has 1 heterocycles. The fraction of sp³-hybridized carbons (Fsp3) is 1.00. The van der Waals surface area contributed by atoms with E-state index in [1.807, 2.05) is 0 Å². The minimum atomic E-state index is 1.25. The summed E-state index contributed by atoms with van der Waals surface area (Å²) < 4.78 is 1.25. The van der Waals surface area contributed by atoms with E-state index in [-0.39, 0.29) is 0 Å². The molecule has 60 valence electrons. The van der Waals surface area contributed by atoms with Crippen LogP contribution in [0.15, 0.2) is 0 Å². The highest BCUT2D eigenvalue weighted by Gasteiger charge is 2.35. The maximum Gasteiger partial charge on any atom is 0.140 e. The smallest absolute Gasteiger partial charge is 0.140 e. The van der Waals surface area contributed by atoms with Gasteiger partial charge in [-0.15, -0.1) is 0 Å². The molecule has 0 aromatic rings. The van der Waals surface area contributed by atoms with E-state index in [0.29, 0.717) is 0 Å². The molecule has 2 heteroatoms. The Labute approximate surface area is 64.0 Å². The Morgan fingerprint density at radius 2 is 1.90 bits per heavy atom. The minimum Gasteiger partial charge on any atom is -0.301 e. The van der Waals surface area contributed by atoms with Crippen LogP contribution in [0.1, 0.15) is 20.3 Å². The van der Waals surface area contributed by atoms with Crippen LogP contribution in [0.2, 0.25) is 0 Å². The van der Waals surface area contributed by atoms with Crippen LogP contribution in [0.25, 0.3) is 0 Å². The van der Waals surface area contributed by atoms with Crippen molar-refractivity contribution in [1.29, 1.82) is 0 Å². The standard InChI is InChI=1S/C8H19N2/c1-4-6-9-7-10(3,5-2)8-9/h4-8H2,1-3H3/q+1. The Hall–Kier alpha value is -0.0800. The SMILES string of the molecule is CCCN1C[N+](C)(CC)C1. The predicted octanol–water partition coefficient (Wildman–Crippen LogP) is 1.09. The topological polar surface area (TPSA) is 3.24 Å². The van der Waals surface area contributed by atoms with Crippen molar-refractivity contribution in [2.24, 2.45) is 0 Å². The molecule has 0 radical (unpaired) electrons. The summed E-state index contributed by atoms with van der Waals surface area (Å²) in [4.78, 5) is 2.52. The molecule has 1 saturated heterocycles. The summed E-state index contributed by atoms with van der Waals surface area (Å²) in [5.41, 5.74) is 0. The van der Waals surface area contributed by atoms with E-state index >= 15 is 0 Å². The Morgan fingerprint density at radius 1 is 1.30 bits per heavy atom. The molecule has 1 fully saturated rings. The fourth-order valence-electron chi connectivity index (χ4n) is 1.58. The summed E-state index contributed by atoms with van der Waals surface area (Å²) in [5.74, 6) is 0. The third-order valence-corrected chi connectivity index (χ3v) is 2.39. The van der Waals surface area contributed by atoms with Gasteiger partial charge in [0, 0.05) is 6.54 Å². The normalized spacial score (nSPS) is 24.3. The van der Waals surface area contributed by atoms with Crippen LogP contribution >= 0.6 is 0 Å². The Bertz CT molecular complexity index is 106. The molecule has 0 N–H and O–H groups in total. The first kappa shape index (κ1) is 8.02. The van der Waals surface area contributed by atoms with Crippen LogP contribution in [0, 0.1) is 0 Å². The Morgan fingerprint density at radius 3 is 2.30 bits per heavy atom. The molecule has 0 amide bonds. The van der Waals surface area contributed by atoms with Gasteiger partial charge in [0.1, 0.15) is 13.3 Å². The van der Waals surface area contributed by atoms with Gasteiger partial charge in [0.15, 0.2) is 0 Å². The largest absolute Gasteiger partial charge is 0.301 e. The van der Waals surface area contributed by atoms with Gasteiger partial charge in [0.25, 0.3) is 0 Å². The molecule has 0 saturated carbocycles. The van der Waals surface area contributed by atoms with Gasteiger partial charge < -0.3 is 4.48 Å². The number of hydrogen-bond acceptors (Lipinski definition) is 1. The average molecular weight is 143 g/mol. The van der Waals surface area contributed by atoms with Crippen LogP contribution < -0.4 is 0 Å². The van der Waals surface area contributed by atoms with Gasteiger partial charge in [0.2, 0.25) is 0 Å². The molecule has 0 atom stereocenters. The number of rotatable bonds is 3. The summed E-state index contributed by atoms with van der Waals surface area (Å²) in [5, 5.41) is 0. The number of quaternary nitrogens is 1. The number of nitrogens with zero attached hydrogens (tertiary/aromatic N) is 2. The molecule has 0 unspecified atom stereocenters. The van der Waals surface area contributed by atoms with E-state index in [1.165, 1.54) is 37.3 Å². The first-order valence-corrected chi connectivity index (χ1v) is 4.26. The van der Waals surface area contributed by atoms with Crippen molar-refractivity contribution in [3.63, 3.8) is 0 Å². The number of hydrogen-bond donors (Lipinski definition) is 0. The predicted molar refractivity (Wildman–Crippen MR) is 43.5 cm³/mol. The van der Waals surface area contributed by atoms with E-state index < -0.39 is 0 Å². The zero-order valence-electron chi connectivity index (χ0n) is 7.43. The lowest BCUT2D eigenvalue weighted by atomic mass is 10.3. The zero-order valence-corrected chi connectivity index (χ0v) is 7.43. The average Bonchev–Trinajstić information content (AvgIpc) is 1.85. The molecule has 0 aromatic heterocycles. The van der Waals surface area contributed by atoms with Gasteiger partial charge in [-0.3, -0.25) is 0 Å². The summed E-state index contributed by atoms with van der Waals surface area (Å²) >= 11 is 0. The van der Waals surface area contributed by atoms with Crippen molar-refractivity contribution in [3.8, 4) is 0 Å². The Kier molecular flexibility index (Phi) is 2.32. The summed E-state index contributed by atoms with van der Waals surface area (Å²) in [6.07, 6.45) is 1.30. The van der Waals surface area contributed by atoms with Crippen LogP contribution in [0.3, 0.4) is 0 Å². The van der Waals surface area contributed by atoms with Gasteiger partial charge in [0.05, 0.1) is 13.6 Å². The molecule has 1 aliphatic heterocycles. The highest BCUT2D eigenvalue weighted by Crippen LogP contribution is 2.16. The third kappa shape index (κ3) is 1.50. The van der Waals surface area contributed by atoms with Crippen molar-refractivity contribution in [1.82, 2.24) is 4.90 Å². The molecular weight excluding hydrogens is 124 g/mol. The van der Waals surface area contributed by atoms with Crippen molar-refractivity contribution < 1.29 is 4.48 Å². The molecule has 0 aromatic carbocycles. The monoisotopic (exact) mass is 143 g/mol. The van der Waals surface area contributed by atoms with Crippen molar-refractivity contribution >= 4 is 0 Å². The van der Waals surface area contributed by atoms with Crippen LogP contribution in [0.5, 0.6) is 0 Å². The third-order valence-electron chi connectivity index (χ3n) is 2.39. The fourth-order valence-corrected chi connectivity index (χ4v) is 1.58. The second-order valence-corrected chi connectivity index (χ2v) is 3.61. The molecule has 2 nitrogen and oxygen atoms in total. The molecular formula is C8H19N2+. The molecule has 10 heavy (non-hydrogen) atoms. The minimum absolute atomic E-state index is 1.25. The van der Waals surface area contributed by atoms with Crippen molar-refractivity contribution in [3.05, 3.63) is 0 Å². The second kappa shape index (κ2) is 2.89. The second-order valence-electron chi connectivity index (χ2n) is 3.61. The van der Waals surface area contributed by atoms with E-state index in [2.05, 4.69) is 25.8 Å². The van der Waals surface area contributed by atoms with E-state index in [4.69, 9.17) is 0 Å². The lowest BCUT2D eigenvalue weighted by Crippen LogP contribution is -2.66. The lowest BCUT2D eigenvalue weighted by Gasteiger charge is -2.49. The quantitative estimate of drug-likeness (QED) is 0.535. The Balaban J connectivity index is 2.16. The first-order chi connectivity index (χ1) is 4.70. The van der Waals surface area contributed by atoms with Gasteiger partial charge in [-0.25, -0.2) is 4.90 Å². The van der Waals surface area contributed by atoms with E-state index in [9.17, 15) is 0 Å². The van der Waals surface area contributed by atoms with Crippen LogP contribution in [-0.4, -0.2) is 42.9 Å². The van der Waals surface area contributed by atoms with Gasteiger partial charge in [-0.1, -0.05) is 6.92 Å². The summed E-state index contributed by atoms with van der Waals surface area (Å²) in [6.45, 7) is 9.61. The summed E-state index contributed by atoms with van der Waals surface area (Å²) in [7, 11) is 2.33. The van der Waals surface area contributed by atoms with Crippen molar-refractivity contribution in [2.45, 2.75) is 20.3 Å². The van der Waals surface area contributed by atoms with Crippen LogP contribution in [-0.2, 0) is 0 Å². The first-order valence-electron chi connectivity index (χ1n) is 4.26. The van der Waals surface area contributed by atoms with Crippen LogP contribution in [0.4, 0.5) is 0 Å². The molecule has 0 spiro atoms. The molecule has 1 aliphatic rings. The molecule has 1 rings (SSSR count). The molecule has 0 aliphatic carbocycles. The molecule has 0 bridgehead atoms. The van der Waals surface area contributed by atoms with E-state index in [0.717, 1.165) is 0 Å². The van der Waals surface area contributed by atoms with Gasteiger partial charge in [-0.05, 0) is 13.3 Å². The maximum atomic E-state index is 2.52. The lowest BCUT2D eigenvalue weighted by molar-refractivity contribution is -0.977. The zero-order chi connectivity index (χ0) is 7.61. The van der Waals surface area contributed by atoms with Gasteiger partial charge >= 0.3 is 0 Å². The maximum absolute atomic E-state index is 2.52. The highest BCUT2D eigenvalue weighted by atomic mass is 15.6. The van der Waals surface area contributed by atoms with Gasteiger partial charge in [-0.2, -0.15) is 0 Å². The van der Waals surface area contributed by atoms with E-state index in [1.54, 1.807) is 0 Å². The van der Waals surface area contributed by atoms with Crippen molar-refractivity contribution in [2.75, 3.05) is 33.5 Å². The summed E-state index contributed by atoms with van der Waals surface area (Å²) in [6, 6.07) is 0. The highest BCUT2D eigenvalue weighted by molar-refractivity contribution is 4.54.